The van der Waals surface area contributed by atoms with Crippen molar-refractivity contribution < 1.29 is 9.84 Å². The molecule has 1 aliphatic heterocycles. The molecule has 100 valence electrons. The minimum atomic E-state index is -0.318. The molecule has 20 heavy (non-hydrogen) atoms. The van der Waals surface area contributed by atoms with Crippen LogP contribution in [0.4, 0.5) is 0 Å². The second-order valence-electron chi connectivity index (χ2n) is 4.28. The first-order valence-corrected chi connectivity index (χ1v) is 7.01. The number of phenols is 1. The minimum Gasteiger partial charge on any atom is -0.506 e. The lowest BCUT2D eigenvalue weighted by atomic mass is 9.88. The first kappa shape index (κ1) is 12.9. The van der Waals surface area contributed by atoms with E-state index in [0.29, 0.717) is 11.3 Å². The van der Waals surface area contributed by atoms with Crippen molar-refractivity contribution in [2.24, 2.45) is 5.73 Å². The standard InChI is InChI=1S/C14H9ClN2O2S/c15-9-4-7-11(5-10(9)18)19-14(17)8(6-16)13(7)12-2-1-3-20-12/h1-5,13,18H,17H2. The number of allylic oxidation sites excluding steroid dienone is 1. The summed E-state index contributed by atoms with van der Waals surface area (Å²) in [4.78, 5) is 0.968. The van der Waals surface area contributed by atoms with E-state index in [2.05, 4.69) is 6.07 Å². The SMILES string of the molecule is N#CC1=C(N)Oc2cc(O)c(Cl)cc2C1c1cccs1. The minimum absolute atomic E-state index is 0.0557. The lowest BCUT2D eigenvalue weighted by Crippen LogP contribution is -2.20. The fourth-order valence-electron chi connectivity index (χ4n) is 2.21. The van der Waals surface area contributed by atoms with E-state index < -0.39 is 0 Å². The highest BCUT2D eigenvalue weighted by Gasteiger charge is 2.32. The molecule has 6 heteroatoms. The fraction of sp³-hybridized carbons (Fsp3) is 0.0714. The summed E-state index contributed by atoms with van der Waals surface area (Å²) in [5, 5.41) is 21.1. The maximum absolute atomic E-state index is 9.67. The number of aromatic hydroxyl groups is 1. The van der Waals surface area contributed by atoms with Crippen LogP contribution in [-0.4, -0.2) is 5.11 Å². The van der Waals surface area contributed by atoms with Crippen molar-refractivity contribution in [1.29, 1.82) is 5.26 Å². The van der Waals surface area contributed by atoms with Crippen LogP contribution in [0.3, 0.4) is 0 Å². The van der Waals surface area contributed by atoms with Gasteiger partial charge in [-0.25, -0.2) is 0 Å². The van der Waals surface area contributed by atoms with Crippen molar-refractivity contribution >= 4 is 22.9 Å². The molecule has 3 N–H and O–H groups in total. The molecule has 0 saturated carbocycles. The summed E-state index contributed by atoms with van der Waals surface area (Å²) in [5.74, 6) is 0.0762. The Morgan fingerprint density at radius 1 is 1.45 bits per heavy atom. The van der Waals surface area contributed by atoms with Crippen LogP contribution in [0, 0.1) is 11.3 Å². The van der Waals surface area contributed by atoms with Gasteiger partial charge in [0.2, 0.25) is 5.88 Å². The van der Waals surface area contributed by atoms with Gasteiger partial charge in [-0.15, -0.1) is 11.3 Å². The van der Waals surface area contributed by atoms with Crippen molar-refractivity contribution in [3.63, 3.8) is 0 Å². The molecule has 1 aromatic heterocycles. The molecule has 0 bridgehead atoms. The molecule has 0 fully saturated rings. The molecule has 2 heterocycles. The highest BCUT2D eigenvalue weighted by molar-refractivity contribution is 7.10. The van der Waals surface area contributed by atoms with Gasteiger partial charge >= 0.3 is 0 Å². The lowest BCUT2D eigenvalue weighted by molar-refractivity contribution is 0.388. The third-order valence-electron chi connectivity index (χ3n) is 3.11. The number of fused-ring (bicyclic) bond motifs is 1. The highest BCUT2D eigenvalue weighted by Crippen LogP contribution is 2.46. The van der Waals surface area contributed by atoms with E-state index in [1.165, 1.54) is 17.4 Å². The number of ether oxygens (including phenoxy) is 1. The smallest absolute Gasteiger partial charge is 0.205 e. The molecular weight excluding hydrogens is 296 g/mol. The van der Waals surface area contributed by atoms with Crippen LogP contribution in [0.5, 0.6) is 11.5 Å². The van der Waals surface area contributed by atoms with Gasteiger partial charge in [0, 0.05) is 16.5 Å². The van der Waals surface area contributed by atoms with E-state index in [4.69, 9.17) is 22.1 Å². The van der Waals surface area contributed by atoms with Crippen LogP contribution in [0.15, 0.2) is 41.1 Å². The average molecular weight is 305 g/mol. The zero-order chi connectivity index (χ0) is 14.3. The fourth-order valence-corrected chi connectivity index (χ4v) is 3.24. The van der Waals surface area contributed by atoms with Crippen molar-refractivity contribution in [2.45, 2.75) is 5.92 Å². The van der Waals surface area contributed by atoms with Crippen LogP contribution in [-0.2, 0) is 0 Å². The van der Waals surface area contributed by atoms with Gasteiger partial charge in [0.25, 0.3) is 0 Å². The molecule has 0 radical (unpaired) electrons. The average Bonchev–Trinajstić information content (AvgIpc) is 2.93. The number of nitrogens with two attached hydrogens (primary N) is 1. The number of nitrogens with zero attached hydrogens (tertiary/aromatic N) is 1. The Balaban J connectivity index is 2.26. The monoisotopic (exact) mass is 304 g/mol. The van der Waals surface area contributed by atoms with Crippen molar-refractivity contribution in [2.75, 3.05) is 0 Å². The van der Waals surface area contributed by atoms with Crippen LogP contribution < -0.4 is 10.5 Å². The van der Waals surface area contributed by atoms with Gasteiger partial charge < -0.3 is 15.6 Å². The Bertz CT molecular complexity index is 747. The molecule has 0 aliphatic carbocycles. The molecule has 3 rings (SSSR count). The largest absolute Gasteiger partial charge is 0.506 e. The normalized spacial score (nSPS) is 17.3. The van der Waals surface area contributed by atoms with Gasteiger partial charge in [-0.2, -0.15) is 5.26 Å². The second-order valence-corrected chi connectivity index (χ2v) is 5.67. The molecule has 2 aromatic rings. The lowest BCUT2D eigenvalue weighted by Gasteiger charge is -2.25. The van der Waals surface area contributed by atoms with Gasteiger partial charge in [0.05, 0.1) is 10.9 Å². The van der Waals surface area contributed by atoms with Crippen molar-refractivity contribution in [1.82, 2.24) is 0 Å². The maximum Gasteiger partial charge on any atom is 0.205 e. The molecule has 1 unspecified atom stereocenters. The van der Waals surface area contributed by atoms with Crippen LogP contribution >= 0.6 is 22.9 Å². The summed E-state index contributed by atoms with van der Waals surface area (Å²) in [6, 6.07) is 8.96. The third kappa shape index (κ3) is 1.90. The number of hydrogen-bond donors (Lipinski definition) is 2. The Labute approximate surface area is 124 Å². The van der Waals surface area contributed by atoms with Crippen molar-refractivity contribution in [3.05, 3.63) is 56.6 Å². The topological polar surface area (TPSA) is 79.3 Å². The third-order valence-corrected chi connectivity index (χ3v) is 4.35. The van der Waals surface area contributed by atoms with Gasteiger partial charge in [-0.05, 0) is 17.5 Å². The summed E-state index contributed by atoms with van der Waals surface area (Å²) in [6.07, 6.45) is 0. The number of nitriles is 1. The second kappa shape index (κ2) is 4.75. The molecular formula is C14H9ClN2O2S. The van der Waals surface area contributed by atoms with Crippen molar-refractivity contribution in [3.8, 4) is 17.6 Å². The van der Waals surface area contributed by atoms with E-state index in [1.54, 1.807) is 6.07 Å². The molecule has 0 amide bonds. The number of thiophene rings is 1. The van der Waals surface area contributed by atoms with Gasteiger partial charge in [-0.3, -0.25) is 0 Å². The van der Waals surface area contributed by atoms with E-state index in [1.807, 2.05) is 17.5 Å². The first-order chi connectivity index (χ1) is 9.61. The van der Waals surface area contributed by atoms with E-state index >= 15 is 0 Å². The molecule has 4 nitrogen and oxygen atoms in total. The molecule has 0 spiro atoms. The summed E-state index contributed by atoms with van der Waals surface area (Å²) in [6.45, 7) is 0. The summed E-state index contributed by atoms with van der Waals surface area (Å²) in [5.41, 5.74) is 6.89. The van der Waals surface area contributed by atoms with E-state index in [9.17, 15) is 10.4 Å². The Hall–Kier alpha value is -2.16. The molecule has 0 saturated heterocycles. The van der Waals surface area contributed by atoms with Crippen LogP contribution in [0.2, 0.25) is 5.02 Å². The van der Waals surface area contributed by atoms with Gasteiger partial charge in [-0.1, -0.05) is 17.7 Å². The maximum atomic E-state index is 9.67. The predicted molar refractivity (Wildman–Crippen MR) is 76.7 cm³/mol. The summed E-state index contributed by atoms with van der Waals surface area (Å²) >= 11 is 7.49. The number of rotatable bonds is 1. The first-order valence-electron chi connectivity index (χ1n) is 5.75. The van der Waals surface area contributed by atoms with E-state index in [-0.39, 0.29) is 22.6 Å². The number of phenolic OH excluding ortho intramolecular Hbond substituents is 1. The zero-order valence-corrected chi connectivity index (χ0v) is 11.7. The summed E-state index contributed by atoms with van der Waals surface area (Å²) in [7, 11) is 0. The Morgan fingerprint density at radius 2 is 2.25 bits per heavy atom. The van der Waals surface area contributed by atoms with Gasteiger partial charge in [0.15, 0.2) is 0 Å². The summed E-state index contributed by atoms with van der Waals surface area (Å²) < 4.78 is 5.42. The molecule has 1 aliphatic rings. The predicted octanol–water partition coefficient (Wildman–Crippen LogP) is 3.33. The highest BCUT2D eigenvalue weighted by atomic mass is 35.5. The van der Waals surface area contributed by atoms with Crippen LogP contribution in [0.1, 0.15) is 16.4 Å². The number of halogens is 1. The number of benzene rings is 1. The van der Waals surface area contributed by atoms with Crippen LogP contribution in [0.25, 0.3) is 0 Å². The van der Waals surface area contributed by atoms with E-state index in [0.717, 1.165) is 10.4 Å². The Kier molecular flexibility index (Phi) is 3.05. The molecule has 1 atom stereocenters. The van der Waals surface area contributed by atoms with Gasteiger partial charge in [0.1, 0.15) is 23.1 Å². The molecule has 1 aromatic carbocycles. The quantitative estimate of drug-likeness (QED) is 0.847. The number of hydrogen-bond acceptors (Lipinski definition) is 5. The zero-order valence-electron chi connectivity index (χ0n) is 10.1. The Morgan fingerprint density at radius 3 is 2.90 bits per heavy atom.